The number of nitrogens with one attached hydrogen (secondary N) is 1. The van der Waals surface area contributed by atoms with Gasteiger partial charge in [0.15, 0.2) is 0 Å². The fourth-order valence-electron chi connectivity index (χ4n) is 2.10. The first-order valence-corrected chi connectivity index (χ1v) is 7.76. The summed E-state index contributed by atoms with van der Waals surface area (Å²) in [5, 5.41) is 3.27. The number of sulfone groups is 1. The summed E-state index contributed by atoms with van der Waals surface area (Å²) in [7, 11) is -2.94. The summed E-state index contributed by atoms with van der Waals surface area (Å²) in [4.78, 5) is 0. The Bertz CT molecular complexity index is 476. The van der Waals surface area contributed by atoms with Crippen LogP contribution in [0.2, 0.25) is 0 Å². The van der Waals surface area contributed by atoms with E-state index < -0.39 is 9.84 Å². The van der Waals surface area contributed by atoms with Crippen molar-refractivity contribution in [1.82, 2.24) is 5.32 Å². The molecule has 4 nitrogen and oxygen atoms in total. The summed E-state index contributed by atoms with van der Waals surface area (Å²) in [6.07, 6.45) is 1.25. The third kappa shape index (κ3) is 4.52. The van der Waals surface area contributed by atoms with Gasteiger partial charge in [0.25, 0.3) is 0 Å². The van der Waals surface area contributed by atoms with Crippen molar-refractivity contribution in [1.29, 1.82) is 0 Å². The quantitative estimate of drug-likeness (QED) is 0.878. The normalized spacial score (nSPS) is 15.8. The lowest BCUT2D eigenvalue weighted by molar-refractivity contribution is 0.473. The standard InChI is InChI=1S/C12H21NO3S/c1-8(7-17(5,14)15)13-10(3)12-6-9(2)16-11(12)4/h6,8,10,13H,7H2,1-5H3. The number of hydrogen-bond acceptors (Lipinski definition) is 4. The summed E-state index contributed by atoms with van der Waals surface area (Å²) in [5.41, 5.74) is 1.09. The molecule has 0 aromatic carbocycles. The molecular formula is C12H21NO3S. The summed E-state index contributed by atoms with van der Waals surface area (Å²) in [5.74, 6) is 1.91. The SMILES string of the molecule is Cc1cc(C(C)NC(C)CS(C)(=O)=O)c(C)o1. The second kappa shape index (κ2) is 5.23. The zero-order valence-corrected chi connectivity index (χ0v) is 11.9. The van der Waals surface area contributed by atoms with E-state index in [4.69, 9.17) is 4.42 Å². The lowest BCUT2D eigenvalue weighted by atomic mass is 10.1. The highest BCUT2D eigenvalue weighted by atomic mass is 32.2. The Labute approximate surface area is 103 Å². The lowest BCUT2D eigenvalue weighted by Gasteiger charge is -2.18. The average molecular weight is 259 g/mol. The van der Waals surface area contributed by atoms with E-state index in [0.717, 1.165) is 17.1 Å². The van der Waals surface area contributed by atoms with E-state index in [9.17, 15) is 8.42 Å². The molecule has 0 radical (unpaired) electrons. The molecule has 5 heteroatoms. The molecule has 2 unspecified atom stereocenters. The predicted molar refractivity (Wildman–Crippen MR) is 68.9 cm³/mol. The smallest absolute Gasteiger partial charge is 0.148 e. The van der Waals surface area contributed by atoms with Gasteiger partial charge in [-0.3, -0.25) is 0 Å². The Balaban J connectivity index is 2.66. The fourth-order valence-corrected chi connectivity index (χ4v) is 3.10. The van der Waals surface area contributed by atoms with E-state index >= 15 is 0 Å². The van der Waals surface area contributed by atoms with Crippen LogP contribution < -0.4 is 5.32 Å². The molecule has 0 spiro atoms. The molecule has 1 aromatic heterocycles. The van der Waals surface area contributed by atoms with E-state index in [1.54, 1.807) is 0 Å². The van der Waals surface area contributed by atoms with E-state index in [-0.39, 0.29) is 17.8 Å². The largest absolute Gasteiger partial charge is 0.466 e. The Morgan fingerprint density at radius 2 is 1.94 bits per heavy atom. The van der Waals surface area contributed by atoms with E-state index in [2.05, 4.69) is 5.32 Å². The molecule has 2 atom stereocenters. The minimum Gasteiger partial charge on any atom is -0.466 e. The Morgan fingerprint density at radius 3 is 2.35 bits per heavy atom. The number of furan rings is 1. The second-order valence-electron chi connectivity index (χ2n) is 4.75. The van der Waals surface area contributed by atoms with Gasteiger partial charge in [0, 0.05) is 23.9 Å². The molecule has 0 saturated heterocycles. The maximum absolute atomic E-state index is 11.2. The van der Waals surface area contributed by atoms with Crippen molar-refractivity contribution in [2.24, 2.45) is 0 Å². The van der Waals surface area contributed by atoms with Gasteiger partial charge < -0.3 is 9.73 Å². The third-order valence-electron chi connectivity index (χ3n) is 2.63. The monoisotopic (exact) mass is 259 g/mol. The maximum Gasteiger partial charge on any atom is 0.148 e. The first-order valence-electron chi connectivity index (χ1n) is 5.69. The molecule has 1 N–H and O–H groups in total. The molecule has 0 fully saturated rings. The third-order valence-corrected chi connectivity index (χ3v) is 3.74. The molecule has 0 aliphatic carbocycles. The van der Waals surface area contributed by atoms with Crippen molar-refractivity contribution < 1.29 is 12.8 Å². The van der Waals surface area contributed by atoms with Gasteiger partial charge in [0.2, 0.25) is 0 Å². The number of aryl methyl sites for hydroxylation is 2. The Hall–Kier alpha value is -0.810. The van der Waals surface area contributed by atoms with Crippen LogP contribution in [-0.4, -0.2) is 26.5 Å². The van der Waals surface area contributed by atoms with Crippen LogP contribution in [0, 0.1) is 13.8 Å². The molecule has 17 heavy (non-hydrogen) atoms. The van der Waals surface area contributed by atoms with Crippen LogP contribution in [0.1, 0.15) is 37.0 Å². The summed E-state index contributed by atoms with van der Waals surface area (Å²) >= 11 is 0. The van der Waals surface area contributed by atoms with E-state index in [1.165, 1.54) is 6.26 Å². The molecule has 1 rings (SSSR count). The van der Waals surface area contributed by atoms with Crippen LogP contribution in [-0.2, 0) is 9.84 Å². The van der Waals surface area contributed by atoms with Gasteiger partial charge in [-0.2, -0.15) is 0 Å². The maximum atomic E-state index is 11.2. The zero-order valence-electron chi connectivity index (χ0n) is 11.1. The van der Waals surface area contributed by atoms with Crippen molar-refractivity contribution in [3.05, 3.63) is 23.2 Å². The molecule has 0 amide bonds. The van der Waals surface area contributed by atoms with Gasteiger partial charge in [-0.15, -0.1) is 0 Å². The second-order valence-corrected chi connectivity index (χ2v) is 6.94. The molecule has 98 valence electrons. The molecule has 0 bridgehead atoms. The first-order chi connectivity index (χ1) is 7.69. The summed E-state index contributed by atoms with van der Waals surface area (Å²) < 4.78 is 27.8. The van der Waals surface area contributed by atoms with Crippen LogP contribution in [0.5, 0.6) is 0 Å². The number of hydrogen-bond donors (Lipinski definition) is 1. The highest BCUT2D eigenvalue weighted by Gasteiger charge is 2.17. The van der Waals surface area contributed by atoms with Crippen molar-refractivity contribution in [2.75, 3.05) is 12.0 Å². The molecule has 0 aliphatic heterocycles. The predicted octanol–water partition coefficient (Wildman–Crippen LogP) is 1.98. The van der Waals surface area contributed by atoms with Crippen molar-refractivity contribution >= 4 is 9.84 Å². The fraction of sp³-hybridized carbons (Fsp3) is 0.667. The Morgan fingerprint density at radius 1 is 1.35 bits per heavy atom. The highest BCUT2D eigenvalue weighted by molar-refractivity contribution is 7.90. The minimum absolute atomic E-state index is 0.0744. The van der Waals surface area contributed by atoms with Gasteiger partial charge >= 0.3 is 0 Å². The van der Waals surface area contributed by atoms with Gasteiger partial charge in [-0.25, -0.2) is 8.42 Å². The molecular weight excluding hydrogens is 238 g/mol. The van der Waals surface area contributed by atoms with Gasteiger partial charge in [0.05, 0.1) is 5.75 Å². The first kappa shape index (κ1) is 14.3. The minimum atomic E-state index is -2.94. The van der Waals surface area contributed by atoms with Crippen molar-refractivity contribution in [3.8, 4) is 0 Å². The number of rotatable bonds is 5. The van der Waals surface area contributed by atoms with Crippen molar-refractivity contribution in [2.45, 2.75) is 39.8 Å². The van der Waals surface area contributed by atoms with Crippen LogP contribution in [0.25, 0.3) is 0 Å². The van der Waals surface area contributed by atoms with Crippen LogP contribution in [0.15, 0.2) is 10.5 Å². The average Bonchev–Trinajstić information content (AvgIpc) is 2.41. The van der Waals surface area contributed by atoms with E-state index in [1.807, 2.05) is 33.8 Å². The van der Waals surface area contributed by atoms with Crippen LogP contribution in [0.3, 0.4) is 0 Å². The highest BCUT2D eigenvalue weighted by Crippen LogP contribution is 2.21. The zero-order chi connectivity index (χ0) is 13.2. The summed E-state index contributed by atoms with van der Waals surface area (Å²) in [6, 6.07) is 2.00. The van der Waals surface area contributed by atoms with Gasteiger partial charge in [-0.1, -0.05) is 0 Å². The van der Waals surface area contributed by atoms with Crippen LogP contribution in [0.4, 0.5) is 0 Å². The molecule has 1 aromatic rings. The van der Waals surface area contributed by atoms with Gasteiger partial charge in [-0.05, 0) is 33.8 Å². The molecule has 0 saturated carbocycles. The van der Waals surface area contributed by atoms with Crippen molar-refractivity contribution in [3.63, 3.8) is 0 Å². The topological polar surface area (TPSA) is 59.3 Å². The van der Waals surface area contributed by atoms with Crippen LogP contribution >= 0.6 is 0 Å². The molecule has 1 heterocycles. The van der Waals surface area contributed by atoms with E-state index in [0.29, 0.717) is 0 Å². The molecule has 0 aliphatic rings. The summed E-state index contributed by atoms with van der Waals surface area (Å²) in [6.45, 7) is 7.71. The van der Waals surface area contributed by atoms with Gasteiger partial charge in [0.1, 0.15) is 21.4 Å². The Kier molecular flexibility index (Phi) is 4.38. The lowest BCUT2D eigenvalue weighted by Crippen LogP contribution is -2.34.